The molecule has 4 heterocycles. The fourth-order valence-electron chi connectivity index (χ4n) is 3.87. The molecule has 170 valence electrons. The van der Waals surface area contributed by atoms with Crippen molar-refractivity contribution in [3.8, 4) is 0 Å². The number of hydrogen-bond donors (Lipinski definition) is 2. The minimum atomic E-state index is -4.59. The lowest BCUT2D eigenvalue weighted by atomic mass is 10.1. The first-order chi connectivity index (χ1) is 15.2. The smallest absolute Gasteiger partial charge is 0.366 e. The number of anilines is 3. The predicted octanol–water partition coefficient (Wildman–Crippen LogP) is 3.32. The van der Waals surface area contributed by atoms with Crippen molar-refractivity contribution in [2.45, 2.75) is 38.0 Å². The van der Waals surface area contributed by atoms with Crippen LogP contribution >= 0.6 is 0 Å². The molecule has 2 aliphatic heterocycles. The van der Waals surface area contributed by atoms with E-state index in [9.17, 15) is 27.2 Å². The number of hydrogen-bond acceptors (Lipinski definition) is 5. The van der Waals surface area contributed by atoms with Crippen LogP contribution in [0.1, 0.15) is 30.3 Å². The third-order valence-electron chi connectivity index (χ3n) is 5.47. The highest BCUT2D eigenvalue weighted by Gasteiger charge is 2.42. The van der Waals surface area contributed by atoms with Crippen LogP contribution in [0.4, 0.5) is 39.7 Å². The molecular formula is C20H20F4N6O2. The number of nitrogens with zero attached hydrogens (tertiary/aromatic N) is 4. The minimum absolute atomic E-state index is 0.128. The molecule has 2 aromatic rings. The zero-order valence-electron chi connectivity index (χ0n) is 17.0. The highest BCUT2D eigenvalue weighted by molar-refractivity contribution is 6.05. The lowest BCUT2D eigenvalue weighted by molar-refractivity contribution is -0.153. The average molecular weight is 452 g/mol. The Morgan fingerprint density at radius 3 is 2.69 bits per heavy atom. The van der Waals surface area contributed by atoms with Crippen molar-refractivity contribution >= 4 is 29.3 Å². The second kappa shape index (κ2) is 8.24. The van der Waals surface area contributed by atoms with E-state index in [1.54, 1.807) is 6.07 Å². The molecule has 0 aliphatic carbocycles. The summed E-state index contributed by atoms with van der Waals surface area (Å²) in [5.74, 6) is -1.24. The summed E-state index contributed by atoms with van der Waals surface area (Å²) in [4.78, 5) is 36.9. The molecule has 3 amide bonds. The van der Waals surface area contributed by atoms with Gasteiger partial charge in [-0.3, -0.25) is 15.0 Å². The molecular weight excluding hydrogens is 432 g/mol. The molecule has 2 aromatic heterocycles. The number of fused-ring (bicyclic) bond motifs is 4. The number of carbonyl (C=O) groups is 2. The number of aromatic nitrogens is 2. The third kappa shape index (κ3) is 4.16. The molecule has 2 bridgehead atoms. The summed E-state index contributed by atoms with van der Waals surface area (Å²) in [6.45, 7) is 2.53. The predicted molar refractivity (Wildman–Crippen MR) is 108 cm³/mol. The van der Waals surface area contributed by atoms with Gasteiger partial charge in [-0.15, -0.1) is 0 Å². The van der Waals surface area contributed by atoms with E-state index in [-0.39, 0.29) is 29.8 Å². The number of carbonyl (C=O) groups excluding carboxylic acids is 2. The molecule has 0 unspecified atom stereocenters. The SMILES string of the molecule is CC[C@@H](NC(=O)c1ccc2c(n1)N(C(=O)Nc1ccc(F)cn1)[C@H]1CCN2C1)C(F)(F)F. The zero-order valence-corrected chi connectivity index (χ0v) is 17.0. The van der Waals surface area contributed by atoms with Crippen molar-refractivity contribution in [2.24, 2.45) is 0 Å². The van der Waals surface area contributed by atoms with Crippen molar-refractivity contribution in [1.29, 1.82) is 0 Å². The van der Waals surface area contributed by atoms with E-state index in [2.05, 4.69) is 15.3 Å². The number of nitrogens with one attached hydrogen (secondary N) is 2. The van der Waals surface area contributed by atoms with Crippen molar-refractivity contribution in [3.05, 3.63) is 42.0 Å². The molecule has 0 radical (unpaired) electrons. The van der Waals surface area contributed by atoms with Crippen LogP contribution < -0.4 is 20.4 Å². The summed E-state index contributed by atoms with van der Waals surface area (Å²) < 4.78 is 52.2. The molecule has 0 spiro atoms. The van der Waals surface area contributed by atoms with Gasteiger partial charge in [-0.2, -0.15) is 13.2 Å². The van der Waals surface area contributed by atoms with Crippen LogP contribution in [0.15, 0.2) is 30.5 Å². The van der Waals surface area contributed by atoms with Crippen LogP contribution in [0, 0.1) is 5.82 Å². The van der Waals surface area contributed by atoms with E-state index < -0.39 is 30.0 Å². The zero-order chi connectivity index (χ0) is 23.0. The molecule has 1 saturated heterocycles. The van der Waals surface area contributed by atoms with Crippen LogP contribution in [-0.4, -0.2) is 53.3 Å². The van der Waals surface area contributed by atoms with Gasteiger partial charge in [-0.05, 0) is 37.1 Å². The van der Waals surface area contributed by atoms with E-state index in [0.717, 1.165) is 12.3 Å². The van der Waals surface area contributed by atoms with Crippen LogP contribution in [0.3, 0.4) is 0 Å². The first kappa shape index (κ1) is 21.8. The van der Waals surface area contributed by atoms with E-state index in [0.29, 0.717) is 25.2 Å². The number of urea groups is 1. The Labute approximate surface area is 180 Å². The number of amides is 3. The molecule has 4 rings (SSSR count). The summed E-state index contributed by atoms with van der Waals surface area (Å²) >= 11 is 0. The van der Waals surface area contributed by atoms with E-state index in [1.165, 1.54) is 24.0 Å². The first-order valence-electron chi connectivity index (χ1n) is 10.0. The van der Waals surface area contributed by atoms with Gasteiger partial charge in [0.05, 0.1) is 17.9 Å². The highest BCUT2D eigenvalue weighted by Crippen LogP contribution is 2.39. The first-order valence-corrected chi connectivity index (χ1v) is 10.0. The van der Waals surface area contributed by atoms with Gasteiger partial charge < -0.3 is 10.2 Å². The van der Waals surface area contributed by atoms with Crippen LogP contribution in [0.2, 0.25) is 0 Å². The molecule has 2 atom stereocenters. The molecule has 2 N–H and O–H groups in total. The Morgan fingerprint density at radius 1 is 1.25 bits per heavy atom. The third-order valence-corrected chi connectivity index (χ3v) is 5.47. The normalized spacial score (nSPS) is 18.2. The Morgan fingerprint density at radius 2 is 2.03 bits per heavy atom. The highest BCUT2D eigenvalue weighted by atomic mass is 19.4. The summed E-state index contributed by atoms with van der Waals surface area (Å²) in [5.41, 5.74) is 0.368. The van der Waals surface area contributed by atoms with Crippen molar-refractivity contribution in [2.75, 3.05) is 28.2 Å². The Hall–Kier alpha value is -3.44. The van der Waals surface area contributed by atoms with Crippen LogP contribution in [0.25, 0.3) is 0 Å². The van der Waals surface area contributed by atoms with Gasteiger partial charge in [0.15, 0.2) is 5.82 Å². The largest absolute Gasteiger partial charge is 0.408 e. The van der Waals surface area contributed by atoms with Gasteiger partial charge in [0.25, 0.3) is 5.91 Å². The van der Waals surface area contributed by atoms with Crippen molar-refractivity contribution in [1.82, 2.24) is 15.3 Å². The molecule has 0 saturated carbocycles. The maximum atomic E-state index is 13.1. The Bertz CT molecular complexity index is 1030. The van der Waals surface area contributed by atoms with Crippen LogP contribution in [-0.2, 0) is 0 Å². The second-order valence-electron chi connectivity index (χ2n) is 7.57. The van der Waals surface area contributed by atoms with Gasteiger partial charge in [-0.25, -0.2) is 19.2 Å². The molecule has 0 aromatic carbocycles. The maximum Gasteiger partial charge on any atom is 0.408 e. The van der Waals surface area contributed by atoms with E-state index in [4.69, 9.17) is 0 Å². The molecule has 32 heavy (non-hydrogen) atoms. The number of alkyl halides is 3. The summed E-state index contributed by atoms with van der Waals surface area (Å²) in [5, 5.41) is 4.53. The van der Waals surface area contributed by atoms with Crippen LogP contribution in [0.5, 0.6) is 0 Å². The second-order valence-corrected chi connectivity index (χ2v) is 7.57. The number of pyridine rings is 2. The van der Waals surface area contributed by atoms with Gasteiger partial charge in [-0.1, -0.05) is 6.92 Å². The lowest BCUT2D eigenvalue weighted by Crippen LogP contribution is -2.49. The van der Waals surface area contributed by atoms with Crippen molar-refractivity contribution in [3.63, 3.8) is 0 Å². The van der Waals surface area contributed by atoms with Gasteiger partial charge >= 0.3 is 12.2 Å². The molecule has 1 fully saturated rings. The summed E-state index contributed by atoms with van der Waals surface area (Å²) in [6.07, 6.45) is -3.30. The van der Waals surface area contributed by atoms with Gasteiger partial charge in [0.2, 0.25) is 0 Å². The lowest BCUT2D eigenvalue weighted by Gasteiger charge is -2.35. The average Bonchev–Trinajstić information content (AvgIpc) is 3.16. The molecule has 8 nitrogen and oxygen atoms in total. The van der Waals surface area contributed by atoms with Crippen molar-refractivity contribution < 1.29 is 27.2 Å². The summed E-state index contributed by atoms with van der Waals surface area (Å²) in [6, 6.07) is 2.54. The number of halogens is 4. The van der Waals surface area contributed by atoms with E-state index in [1.807, 2.05) is 10.2 Å². The molecule has 12 heteroatoms. The Kier molecular flexibility index (Phi) is 5.61. The maximum absolute atomic E-state index is 13.1. The van der Waals surface area contributed by atoms with Gasteiger partial charge in [0.1, 0.15) is 23.4 Å². The summed E-state index contributed by atoms with van der Waals surface area (Å²) in [7, 11) is 0. The monoisotopic (exact) mass is 452 g/mol. The Balaban J connectivity index is 1.62. The molecule has 2 aliphatic rings. The number of rotatable bonds is 4. The fourth-order valence-corrected chi connectivity index (χ4v) is 3.87. The quantitative estimate of drug-likeness (QED) is 0.695. The fraction of sp³-hybridized carbons (Fsp3) is 0.400. The minimum Gasteiger partial charge on any atom is -0.366 e. The topological polar surface area (TPSA) is 90.5 Å². The standard InChI is InChI=1S/C20H20F4N6O2/c1-2-15(20(22,23)24)27-18(31)13-4-5-14-17(26-13)30(12-7-8-29(14)10-12)19(32)28-16-6-3-11(21)9-25-16/h3-6,9,12,15H,2,7-8,10H2,1H3,(H,27,31)(H,25,28,32)/t12-,15+/m0/s1. The van der Waals surface area contributed by atoms with E-state index >= 15 is 0 Å². The van der Waals surface area contributed by atoms with Gasteiger partial charge in [0, 0.05) is 13.1 Å².